The molecule has 0 aliphatic carbocycles. The lowest BCUT2D eigenvalue weighted by molar-refractivity contribution is 0.255. The topological polar surface area (TPSA) is 41.1 Å². The van der Waals surface area contributed by atoms with Crippen molar-refractivity contribution in [3.63, 3.8) is 0 Å². The van der Waals surface area contributed by atoms with Crippen molar-refractivity contribution in [3.05, 3.63) is 41.6 Å². The molecule has 0 saturated heterocycles. The molecule has 0 aliphatic heterocycles. The molecule has 2 N–H and O–H groups in total. The highest BCUT2D eigenvalue weighted by Crippen LogP contribution is 2.19. The number of halogens is 1. The zero-order valence-corrected chi connectivity index (χ0v) is 8.56. The van der Waals surface area contributed by atoms with E-state index in [0.29, 0.717) is 10.7 Å². The van der Waals surface area contributed by atoms with Crippen molar-refractivity contribution in [2.45, 2.75) is 6.92 Å². The summed E-state index contributed by atoms with van der Waals surface area (Å²) in [4.78, 5) is 11.1. The molecule has 1 aromatic rings. The van der Waals surface area contributed by atoms with Gasteiger partial charge in [0.25, 0.3) is 0 Å². The molecule has 1 aromatic carbocycles. The number of carbonyl (C=O) groups is 1. The van der Waals surface area contributed by atoms with Crippen LogP contribution >= 0.6 is 11.6 Å². The summed E-state index contributed by atoms with van der Waals surface area (Å²) in [5.41, 5.74) is 1.64. The summed E-state index contributed by atoms with van der Waals surface area (Å²) in [5.74, 6) is 0. The fraction of sp³-hybridized carbons (Fsp3) is 0.100. The summed E-state index contributed by atoms with van der Waals surface area (Å²) in [7, 11) is 0. The number of benzene rings is 1. The molecule has 0 aromatic heterocycles. The minimum Gasteiger partial charge on any atom is -0.315 e. The third-order valence-electron chi connectivity index (χ3n) is 1.68. The smallest absolute Gasteiger partial charge is 0.315 e. The molecule has 0 aliphatic rings. The fourth-order valence-electron chi connectivity index (χ4n) is 0.980. The Hall–Kier alpha value is -1.48. The molecule has 3 nitrogen and oxygen atoms in total. The summed E-state index contributed by atoms with van der Waals surface area (Å²) in [6.45, 7) is 5.27. The van der Waals surface area contributed by atoms with Crippen molar-refractivity contribution < 1.29 is 4.79 Å². The quantitative estimate of drug-likeness (QED) is 0.774. The summed E-state index contributed by atoms with van der Waals surface area (Å²) >= 11 is 5.79. The van der Waals surface area contributed by atoms with Crippen LogP contribution in [0.5, 0.6) is 0 Å². The predicted molar refractivity (Wildman–Crippen MR) is 58.5 cm³/mol. The van der Waals surface area contributed by atoms with Crippen LogP contribution in [0.1, 0.15) is 5.56 Å². The van der Waals surface area contributed by atoms with E-state index >= 15 is 0 Å². The van der Waals surface area contributed by atoms with Crippen molar-refractivity contribution in [2.75, 3.05) is 5.32 Å². The van der Waals surface area contributed by atoms with Crippen LogP contribution in [0.3, 0.4) is 0 Å². The van der Waals surface area contributed by atoms with Gasteiger partial charge in [-0.1, -0.05) is 24.2 Å². The van der Waals surface area contributed by atoms with Gasteiger partial charge in [-0.05, 0) is 30.8 Å². The highest BCUT2D eigenvalue weighted by molar-refractivity contribution is 6.31. The Morgan fingerprint density at radius 3 is 2.93 bits per heavy atom. The number of carbonyl (C=O) groups excluding carboxylic acids is 1. The Kier molecular flexibility index (Phi) is 3.54. The maximum atomic E-state index is 11.1. The van der Waals surface area contributed by atoms with E-state index in [-0.39, 0.29) is 6.03 Å². The van der Waals surface area contributed by atoms with Gasteiger partial charge in [0.05, 0.1) is 0 Å². The van der Waals surface area contributed by atoms with E-state index in [1.54, 1.807) is 12.1 Å². The predicted octanol–water partition coefficient (Wildman–Crippen LogP) is 2.91. The van der Waals surface area contributed by atoms with E-state index in [2.05, 4.69) is 17.2 Å². The Labute approximate surface area is 87.8 Å². The molecule has 2 amide bonds. The van der Waals surface area contributed by atoms with Gasteiger partial charge in [0.2, 0.25) is 0 Å². The molecule has 0 heterocycles. The molecule has 4 heteroatoms. The Morgan fingerprint density at radius 2 is 2.29 bits per heavy atom. The number of hydrogen-bond donors (Lipinski definition) is 2. The third kappa shape index (κ3) is 2.78. The minimum absolute atomic E-state index is 0.328. The van der Waals surface area contributed by atoms with Gasteiger partial charge in [-0.15, -0.1) is 0 Å². The number of urea groups is 1. The number of amides is 2. The van der Waals surface area contributed by atoms with Crippen LogP contribution in [-0.4, -0.2) is 6.03 Å². The Balaban J connectivity index is 2.80. The van der Waals surface area contributed by atoms with Crippen LogP contribution in [0.2, 0.25) is 5.02 Å². The second kappa shape index (κ2) is 4.67. The number of nitrogens with one attached hydrogen (secondary N) is 2. The van der Waals surface area contributed by atoms with E-state index < -0.39 is 0 Å². The molecule has 1 rings (SSSR count). The first-order chi connectivity index (χ1) is 6.63. The molecule has 74 valence electrons. The largest absolute Gasteiger partial charge is 0.323 e. The molecule has 0 radical (unpaired) electrons. The number of rotatable bonds is 2. The van der Waals surface area contributed by atoms with E-state index in [4.69, 9.17) is 11.6 Å². The lowest BCUT2D eigenvalue weighted by atomic mass is 10.2. The van der Waals surface area contributed by atoms with E-state index in [1.165, 1.54) is 6.20 Å². The van der Waals surface area contributed by atoms with Gasteiger partial charge in [0.1, 0.15) is 0 Å². The Morgan fingerprint density at radius 1 is 1.57 bits per heavy atom. The number of anilines is 1. The molecule has 14 heavy (non-hydrogen) atoms. The highest BCUT2D eigenvalue weighted by Gasteiger charge is 2.02. The van der Waals surface area contributed by atoms with E-state index in [9.17, 15) is 4.79 Å². The molecular weight excluding hydrogens is 200 g/mol. The standard InChI is InChI=1S/C10H11ClN2O/c1-3-12-10(14)13-9-6-8(11)5-4-7(9)2/h3-6H,1H2,2H3,(H2,12,13,14). The van der Waals surface area contributed by atoms with Crippen LogP contribution in [0, 0.1) is 6.92 Å². The minimum atomic E-state index is -0.328. The summed E-state index contributed by atoms with van der Waals surface area (Å²) in [5, 5.41) is 5.65. The molecular formula is C10H11ClN2O. The van der Waals surface area contributed by atoms with Gasteiger partial charge < -0.3 is 10.6 Å². The monoisotopic (exact) mass is 210 g/mol. The molecule has 0 saturated carbocycles. The van der Waals surface area contributed by atoms with Crippen molar-refractivity contribution in [1.82, 2.24) is 5.32 Å². The first-order valence-electron chi connectivity index (χ1n) is 4.08. The van der Waals surface area contributed by atoms with Crippen molar-refractivity contribution in [2.24, 2.45) is 0 Å². The second-order valence-corrected chi connectivity index (χ2v) is 3.20. The van der Waals surface area contributed by atoms with Crippen LogP contribution in [0.25, 0.3) is 0 Å². The second-order valence-electron chi connectivity index (χ2n) is 2.76. The average Bonchev–Trinajstić information content (AvgIpc) is 2.12. The highest BCUT2D eigenvalue weighted by atomic mass is 35.5. The third-order valence-corrected chi connectivity index (χ3v) is 1.92. The Bertz CT molecular complexity index is 363. The maximum Gasteiger partial charge on any atom is 0.323 e. The van der Waals surface area contributed by atoms with Gasteiger partial charge in [-0.2, -0.15) is 0 Å². The van der Waals surface area contributed by atoms with Gasteiger partial charge in [0.15, 0.2) is 0 Å². The fourth-order valence-corrected chi connectivity index (χ4v) is 1.15. The molecule has 0 atom stereocenters. The van der Waals surface area contributed by atoms with Gasteiger partial charge in [-0.3, -0.25) is 0 Å². The van der Waals surface area contributed by atoms with Gasteiger partial charge in [-0.25, -0.2) is 4.79 Å². The van der Waals surface area contributed by atoms with Crippen LogP contribution in [-0.2, 0) is 0 Å². The zero-order chi connectivity index (χ0) is 10.6. The van der Waals surface area contributed by atoms with Crippen molar-refractivity contribution in [3.8, 4) is 0 Å². The maximum absolute atomic E-state index is 11.1. The summed E-state index contributed by atoms with van der Waals surface area (Å²) < 4.78 is 0. The van der Waals surface area contributed by atoms with Crippen LogP contribution < -0.4 is 10.6 Å². The molecule has 0 spiro atoms. The lowest BCUT2D eigenvalue weighted by Gasteiger charge is -2.07. The van der Waals surface area contributed by atoms with Crippen LogP contribution in [0.4, 0.5) is 10.5 Å². The van der Waals surface area contributed by atoms with E-state index in [0.717, 1.165) is 5.56 Å². The van der Waals surface area contributed by atoms with Gasteiger partial charge in [0, 0.05) is 10.7 Å². The van der Waals surface area contributed by atoms with Crippen LogP contribution in [0.15, 0.2) is 31.0 Å². The SMILES string of the molecule is C=CNC(=O)Nc1cc(Cl)ccc1C. The molecule has 0 fully saturated rings. The lowest BCUT2D eigenvalue weighted by Crippen LogP contribution is -2.23. The normalized spacial score (nSPS) is 9.29. The van der Waals surface area contributed by atoms with E-state index in [1.807, 2.05) is 13.0 Å². The van der Waals surface area contributed by atoms with Gasteiger partial charge >= 0.3 is 6.03 Å². The first kappa shape index (κ1) is 10.6. The first-order valence-corrected chi connectivity index (χ1v) is 4.46. The summed E-state index contributed by atoms with van der Waals surface area (Å²) in [6, 6.07) is 4.98. The van der Waals surface area contributed by atoms with Crippen molar-refractivity contribution >= 4 is 23.3 Å². The summed E-state index contributed by atoms with van der Waals surface area (Å²) in [6.07, 6.45) is 1.31. The molecule has 0 unspecified atom stereocenters. The zero-order valence-electron chi connectivity index (χ0n) is 7.80. The van der Waals surface area contributed by atoms with Crippen molar-refractivity contribution in [1.29, 1.82) is 0 Å². The number of aryl methyl sites for hydroxylation is 1. The molecule has 0 bridgehead atoms. The average molecular weight is 211 g/mol. The number of hydrogen-bond acceptors (Lipinski definition) is 1.